The van der Waals surface area contributed by atoms with Crippen LogP contribution in [0.1, 0.15) is 22.2 Å². The normalized spacial score (nSPS) is 16.2. The van der Waals surface area contributed by atoms with Crippen molar-refractivity contribution >= 4 is 26.2 Å². The molecule has 0 bridgehead atoms. The molecular formula is C18H23BiN. The Morgan fingerprint density at radius 3 is 2.65 bits per heavy atom. The zero-order valence-electron chi connectivity index (χ0n) is 12.4. The van der Waals surface area contributed by atoms with Gasteiger partial charge in [0, 0.05) is 57.9 Å². The second-order valence-corrected chi connectivity index (χ2v) is 5.80. The van der Waals surface area contributed by atoms with E-state index in [2.05, 4.69) is 61.8 Å². The van der Waals surface area contributed by atoms with E-state index in [9.17, 15) is 0 Å². The molecule has 0 aromatic carbocycles. The van der Waals surface area contributed by atoms with Crippen molar-refractivity contribution < 1.29 is 1.43 Å². The summed E-state index contributed by atoms with van der Waals surface area (Å²) in [6.45, 7) is 8.57. The van der Waals surface area contributed by atoms with Crippen LogP contribution in [-0.4, -0.2) is 49.7 Å². The predicted octanol–water partition coefficient (Wildman–Crippen LogP) is 3.66. The van der Waals surface area contributed by atoms with Gasteiger partial charge in [-0.25, -0.2) is 0 Å². The molecule has 105 valence electrons. The predicted molar refractivity (Wildman–Crippen MR) is 89.3 cm³/mol. The molecule has 20 heavy (non-hydrogen) atoms. The van der Waals surface area contributed by atoms with Gasteiger partial charge >= 0.3 is 0 Å². The fraction of sp³-hybridized carbons (Fsp3) is 0.333. The van der Waals surface area contributed by atoms with E-state index in [0.29, 0.717) is 0 Å². The molecule has 0 atom stereocenters. The molecule has 0 aromatic rings. The smallest absolute Gasteiger partial charge is 0.130 e. The van der Waals surface area contributed by atoms with Gasteiger partial charge in [-0.1, -0.05) is 0 Å². The zero-order valence-corrected chi connectivity index (χ0v) is 15.9. The van der Waals surface area contributed by atoms with Gasteiger partial charge < -0.3 is 0 Å². The second kappa shape index (κ2) is 7.77. The van der Waals surface area contributed by atoms with Gasteiger partial charge in [0.25, 0.3) is 0 Å². The van der Waals surface area contributed by atoms with E-state index in [1.807, 2.05) is 24.6 Å². The molecule has 2 rings (SSSR count). The Morgan fingerprint density at radius 2 is 2.10 bits per heavy atom. The average Bonchev–Trinajstić information content (AvgIpc) is 2.39. The minimum Gasteiger partial charge on any atom is -0.288 e. The van der Waals surface area contributed by atoms with E-state index >= 15 is 0 Å². The molecule has 0 saturated carbocycles. The first kappa shape index (κ1) is 17.2. The van der Waals surface area contributed by atoms with Gasteiger partial charge in [0.2, 0.25) is 0 Å². The first-order valence-corrected chi connectivity index (χ1v) is 6.72. The molecular weight excluding hydrogens is 439 g/mol. The summed E-state index contributed by atoms with van der Waals surface area (Å²) >= 11 is 0. The van der Waals surface area contributed by atoms with Crippen LogP contribution >= 0.6 is 0 Å². The molecule has 2 aliphatic carbocycles. The Morgan fingerprint density at radius 1 is 1.30 bits per heavy atom. The second-order valence-electron chi connectivity index (χ2n) is 5.80. The van der Waals surface area contributed by atoms with Crippen LogP contribution in [0.2, 0.25) is 0 Å². The fourth-order valence-corrected chi connectivity index (χ4v) is 2.00. The van der Waals surface area contributed by atoms with E-state index < -0.39 is 0 Å². The van der Waals surface area contributed by atoms with Gasteiger partial charge in [0.15, 0.2) is 0 Å². The molecule has 2 aliphatic rings. The largest absolute Gasteiger partial charge is 0.288 e. The number of allylic oxidation sites excluding steroid dienone is 5. The van der Waals surface area contributed by atoms with Crippen molar-refractivity contribution in [2.75, 3.05) is 13.1 Å². The first-order valence-electron chi connectivity index (χ1n) is 6.72. The molecule has 1 nitrogen and oxygen atoms in total. The standard InChI is InChI=1S/C18H21N.Bi.H2/c1-18(2,3)19(14-16-10-6-4-7-11-16)15-17-12-8-5-9-13-17;;/h4-10,12H,14-15H2,1-3H3;;1H. The summed E-state index contributed by atoms with van der Waals surface area (Å²) in [4.78, 5) is 2.45. The van der Waals surface area contributed by atoms with Gasteiger partial charge in [-0.05, 0) is 20.8 Å². The van der Waals surface area contributed by atoms with Crippen LogP contribution < -0.4 is 0 Å². The Kier molecular flexibility index (Phi) is 6.67. The Labute approximate surface area is 143 Å². The van der Waals surface area contributed by atoms with Gasteiger partial charge in [-0.2, -0.15) is 18.6 Å². The van der Waals surface area contributed by atoms with Crippen LogP contribution in [-0.2, 0) is 0 Å². The van der Waals surface area contributed by atoms with Crippen LogP contribution in [0.25, 0.3) is 0 Å². The van der Waals surface area contributed by atoms with Crippen LogP contribution in [0.5, 0.6) is 0 Å². The van der Waals surface area contributed by atoms with Crippen molar-refractivity contribution in [2.45, 2.75) is 26.3 Å². The molecule has 0 unspecified atom stereocenters. The summed E-state index contributed by atoms with van der Waals surface area (Å²) in [6.07, 6.45) is 19.7. The van der Waals surface area contributed by atoms with E-state index in [0.717, 1.165) is 13.1 Å². The topological polar surface area (TPSA) is 3.24 Å². The van der Waals surface area contributed by atoms with Crippen molar-refractivity contribution in [3.8, 4) is 0 Å². The molecule has 0 aromatic heterocycles. The molecule has 0 heterocycles. The third-order valence-corrected chi connectivity index (χ3v) is 3.22. The minimum atomic E-state index is 0. The molecule has 0 saturated heterocycles. The van der Waals surface area contributed by atoms with Gasteiger partial charge in [-0.3, -0.25) is 10.6 Å². The van der Waals surface area contributed by atoms with Crippen LogP contribution in [0.4, 0.5) is 0 Å². The molecule has 0 N–H and O–H groups in total. The third-order valence-electron chi connectivity index (χ3n) is 3.22. The molecule has 0 amide bonds. The molecule has 2 heteroatoms. The Bertz CT molecular complexity index is 512. The van der Waals surface area contributed by atoms with E-state index in [-0.39, 0.29) is 33.2 Å². The van der Waals surface area contributed by atoms with Crippen LogP contribution in [0.15, 0.2) is 59.4 Å². The summed E-state index contributed by atoms with van der Waals surface area (Å²) in [6, 6.07) is 0. The molecule has 0 aliphatic heterocycles. The monoisotopic (exact) mass is 462 g/mol. The number of rotatable bonds is 4. The van der Waals surface area contributed by atoms with Crippen molar-refractivity contribution in [3.05, 3.63) is 71.9 Å². The van der Waals surface area contributed by atoms with E-state index in [4.69, 9.17) is 0 Å². The van der Waals surface area contributed by atoms with Gasteiger partial charge in [0.1, 0.15) is 11.6 Å². The zero-order chi connectivity index (χ0) is 13.7. The quantitative estimate of drug-likeness (QED) is 0.350. The maximum atomic E-state index is 3.30. The van der Waals surface area contributed by atoms with Crippen molar-refractivity contribution in [1.82, 2.24) is 4.90 Å². The van der Waals surface area contributed by atoms with Crippen molar-refractivity contribution in [3.63, 3.8) is 0 Å². The summed E-state index contributed by atoms with van der Waals surface area (Å²) in [7, 11) is 0. The SMILES string of the molecule is CC(C)(C)N(CC1=C=C[CH-]C=C1)CC1=CC=CC=[C+]1.[Bi].[HH]. The van der Waals surface area contributed by atoms with Crippen molar-refractivity contribution in [1.29, 1.82) is 0 Å². The van der Waals surface area contributed by atoms with Gasteiger partial charge in [-0.15, -0.1) is 11.6 Å². The third kappa shape index (κ3) is 5.24. The van der Waals surface area contributed by atoms with E-state index in [1.165, 1.54) is 11.1 Å². The maximum absolute atomic E-state index is 3.30. The molecule has 3 radical (unpaired) electrons. The maximum Gasteiger partial charge on any atom is 0.130 e. The summed E-state index contributed by atoms with van der Waals surface area (Å²) in [5.74, 6) is 0. The van der Waals surface area contributed by atoms with Crippen LogP contribution in [0.3, 0.4) is 0 Å². The van der Waals surface area contributed by atoms with Gasteiger partial charge in [0.05, 0.1) is 12.6 Å². The summed E-state index contributed by atoms with van der Waals surface area (Å²) in [5.41, 5.74) is 5.88. The number of hydrogen-bond acceptors (Lipinski definition) is 1. The van der Waals surface area contributed by atoms with Crippen molar-refractivity contribution in [2.24, 2.45) is 0 Å². The number of hydrogen-bond donors (Lipinski definition) is 0. The summed E-state index contributed by atoms with van der Waals surface area (Å²) in [5, 5.41) is 0. The average molecular weight is 462 g/mol. The minimum absolute atomic E-state index is 0. The first-order chi connectivity index (χ1) is 9.05. The van der Waals surface area contributed by atoms with Crippen LogP contribution in [0, 0.1) is 12.5 Å². The number of nitrogens with zero attached hydrogens (tertiary/aromatic N) is 1. The van der Waals surface area contributed by atoms with E-state index in [1.54, 1.807) is 0 Å². The Hall–Kier alpha value is -0.897. The fourth-order valence-electron chi connectivity index (χ4n) is 2.00. The Balaban J connectivity index is 0.00000200. The summed E-state index contributed by atoms with van der Waals surface area (Å²) < 4.78 is 0. The molecule has 0 spiro atoms. The molecule has 0 fully saturated rings.